The third-order valence-electron chi connectivity index (χ3n) is 2.47. The Balaban J connectivity index is 2.14. The summed E-state index contributed by atoms with van der Waals surface area (Å²) in [6, 6.07) is 10.3. The minimum absolute atomic E-state index is 0.202. The molecule has 0 spiro atoms. The fourth-order valence-electron chi connectivity index (χ4n) is 1.57. The third-order valence-corrected chi connectivity index (χ3v) is 3.60. The highest BCUT2D eigenvalue weighted by molar-refractivity contribution is 7.17. The first-order chi connectivity index (χ1) is 8.20. The van der Waals surface area contributed by atoms with Crippen LogP contribution < -0.4 is 4.90 Å². The van der Waals surface area contributed by atoms with Gasteiger partial charge in [-0.2, -0.15) is 0 Å². The molecule has 2 aromatic rings. The van der Waals surface area contributed by atoms with Crippen LogP contribution in [0.5, 0.6) is 0 Å². The Morgan fingerprint density at radius 1 is 1.29 bits per heavy atom. The molecule has 0 bridgehead atoms. The molecule has 0 atom stereocenters. The number of aldehydes is 1. The second kappa shape index (κ2) is 5.10. The average molecular weight is 249 g/mol. The van der Waals surface area contributed by atoms with Gasteiger partial charge in [0.2, 0.25) is 0 Å². The van der Waals surface area contributed by atoms with E-state index in [0.29, 0.717) is 17.0 Å². The molecule has 17 heavy (non-hydrogen) atoms. The fraction of sp³-hybridized carbons (Fsp3) is 0.154. The molecule has 1 aromatic carbocycles. The molecule has 0 saturated carbocycles. The van der Waals surface area contributed by atoms with Gasteiger partial charge >= 0.3 is 0 Å². The van der Waals surface area contributed by atoms with Crippen LogP contribution in [0.3, 0.4) is 0 Å². The van der Waals surface area contributed by atoms with Gasteiger partial charge in [-0.05, 0) is 18.2 Å². The summed E-state index contributed by atoms with van der Waals surface area (Å²) < 4.78 is 13.5. The predicted molar refractivity (Wildman–Crippen MR) is 68.2 cm³/mol. The van der Waals surface area contributed by atoms with Gasteiger partial charge in [-0.15, -0.1) is 11.3 Å². The number of anilines is 1. The Hall–Kier alpha value is -1.68. The number of thiophene rings is 1. The van der Waals surface area contributed by atoms with Crippen molar-refractivity contribution in [1.82, 2.24) is 0 Å². The molecule has 2 rings (SSSR count). The van der Waals surface area contributed by atoms with Crippen molar-refractivity contribution in [2.24, 2.45) is 0 Å². The lowest BCUT2D eigenvalue weighted by molar-refractivity contribution is 0.112. The molecule has 0 aliphatic heterocycles. The van der Waals surface area contributed by atoms with E-state index in [-0.39, 0.29) is 5.82 Å². The zero-order valence-electron chi connectivity index (χ0n) is 9.39. The summed E-state index contributed by atoms with van der Waals surface area (Å²) in [5, 5.41) is 0.954. The number of hydrogen-bond donors (Lipinski definition) is 0. The zero-order chi connectivity index (χ0) is 12.3. The van der Waals surface area contributed by atoms with Crippen LogP contribution in [0.1, 0.15) is 15.2 Å². The van der Waals surface area contributed by atoms with Crippen molar-refractivity contribution in [2.45, 2.75) is 6.54 Å². The summed E-state index contributed by atoms with van der Waals surface area (Å²) in [7, 11) is 1.88. The van der Waals surface area contributed by atoms with Crippen molar-refractivity contribution in [1.29, 1.82) is 0 Å². The summed E-state index contributed by atoms with van der Waals surface area (Å²) in [6.07, 6.45) is 0.825. The molecule has 0 radical (unpaired) electrons. The normalized spacial score (nSPS) is 10.2. The average Bonchev–Trinajstić information content (AvgIpc) is 2.81. The van der Waals surface area contributed by atoms with Crippen LogP contribution in [-0.4, -0.2) is 13.3 Å². The van der Waals surface area contributed by atoms with Gasteiger partial charge in [-0.1, -0.05) is 18.2 Å². The quantitative estimate of drug-likeness (QED) is 0.775. The van der Waals surface area contributed by atoms with Gasteiger partial charge in [0.1, 0.15) is 5.82 Å². The number of rotatable bonds is 4. The van der Waals surface area contributed by atoms with Gasteiger partial charge in [0.25, 0.3) is 0 Å². The van der Waals surface area contributed by atoms with Gasteiger partial charge in [0, 0.05) is 19.2 Å². The summed E-state index contributed by atoms with van der Waals surface area (Å²) >= 11 is 1.40. The number of halogens is 1. The van der Waals surface area contributed by atoms with E-state index in [1.165, 1.54) is 17.4 Å². The molecule has 1 heterocycles. The van der Waals surface area contributed by atoms with Crippen molar-refractivity contribution in [3.63, 3.8) is 0 Å². The fourth-order valence-corrected chi connectivity index (χ4v) is 2.35. The highest BCUT2D eigenvalue weighted by atomic mass is 32.1. The largest absolute Gasteiger partial charge is 0.362 e. The lowest BCUT2D eigenvalue weighted by Gasteiger charge is -2.17. The molecule has 0 aliphatic rings. The van der Waals surface area contributed by atoms with E-state index in [9.17, 15) is 9.18 Å². The standard InChI is InChI=1S/C13H12FNOS/c1-15(13-7-6-11(9-16)17-13)8-10-4-2-3-5-12(10)14/h2-7,9H,8H2,1H3. The van der Waals surface area contributed by atoms with Crippen LogP contribution in [0.2, 0.25) is 0 Å². The SMILES string of the molecule is CN(Cc1ccccc1F)c1ccc(C=O)s1. The Morgan fingerprint density at radius 3 is 2.71 bits per heavy atom. The van der Waals surface area contributed by atoms with Crippen molar-refractivity contribution in [3.8, 4) is 0 Å². The lowest BCUT2D eigenvalue weighted by atomic mass is 10.2. The number of nitrogens with zero attached hydrogens (tertiary/aromatic N) is 1. The Kier molecular flexibility index (Phi) is 3.54. The Morgan fingerprint density at radius 2 is 2.06 bits per heavy atom. The van der Waals surface area contributed by atoms with Crippen molar-refractivity contribution < 1.29 is 9.18 Å². The van der Waals surface area contributed by atoms with E-state index in [4.69, 9.17) is 0 Å². The van der Waals surface area contributed by atoms with Crippen LogP contribution in [0.15, 0.2) is 36.4 Å². The molecule has 2 nitrogen and oxygen atoms in total. The smallest absolute Gasteiger partial charge is 0.160 e. The Labute approximate surface area is 103 Å². The van der Waals surface area contributed by atoms with Gasteiger partial charge in [0.15, 0.2) is 6.29 Å². The molecule has 1 aromatic heterocycles. The summed E-state index contributed by atoms with van der Waals surface area (Å²) in [5.41, 5.74) is 0.649. The Bertz CT molecular complexity index is 524. The van der Waals surface area contributed by atoms with E-state index in [0.717, 1.165) is 11.3 Å². The van der Waals surface area contributed by atoms with Gasteiger partial charge < -0.3 is 4.90 Å². The van der Waals surface area contributed by atoms with Crippen molar-refractivity contribution in [2.75, 3.05) is 11.9 Å². The minimum Gasteiger partial charge on any atom is -0.362 e. The van der Waals surface area contributed by atoms with Gasteiger partial charge in [-0.3, -0.25) is 4.79 Å². The summed E-state index contributed by atoms with van der Waals surface area (Å²) in [4.78, 5) is 13.2. The van der Waals surface area contributed by atoms with Gasteiger partial charge in [-0.25, -0.2) is 4.39 Å². The summed E-state index contributed by atoms with van der Waals surface area (Å²) in [5.74, 6) is -0.202. The second-order valence-corrected chi connectivity index (χ2v) is 4.84. The third kappa shape index (κ3) is 2.71. The molecule has 0 fully saturated rings. The first-order valence-corrected chi connectivity index (χ1v) is 6.02. The predicted octanol–water partition coefficient (Wildman–Crippen LogP) is 3.34. The maximum atomic E-state index is 13.5. The molecule has 0 saturated heterocycles. The molecule has 88 valence electrons. The lowest BCUT2D eigenvalue weighted by Crippen LogP contribution is -2.15. The van der Waals surface area contributed by atoms with E-state index in [2.05, 4.69) is 0 Å². The maximum Gasteiger partial charge on any atom is 0.160 e. The van der Waals surface area contributed by atoms with Crippen LogP contribution in [0.25, 0.3) is 0 Å². The van der Waals surface area contributed by atoms with Crippen LogP contribution in [0.4, 0.5) is 9.39 Å². The van der Waals surface area contributed by atoms with Crippen molar-refractivity contribution in [3.05, 3.63) is 52.7 Å². The maximum absolute atomic E-state index is 13.5. The minimum atomic E-state index is -0.202. The highest BCUT2D eigenvalue weighted by Crippen LogP contribution is 2.25. The number of carbonyl (C=O) groups excluding carboxylic acids is 1. The van der Waals surface area contributed by atoms with Crippen molar-refractivity contribution >= 4 is 22.6 Å². The first kappa shape index (κ1) is 11.8. The number of hydrogen-bond acceptors (Lipinski definition) is 3. The number of benzene rings is 1. The monoisotopic (exact) mass is 249 g/mol. The topological polar surface area (TPSA) is 20.3 Å². The van der Waals surface area contributed by atoms with Gasteiger partial charge in [0.05, 0.1) is 9.88 Å². The van der Waals surface area contributed by atoms with E-state index < -0.39 is 0 Å². The van der Waals surface area contributed by atoms with E-state index in [1.807, 2.05) is 24.1 Å². The molecule has 0 amide bonds. The number of carbonyl (C=O) groups is 1. The first-order valence-electron chi connectivity index (χ1n) is 5.20. The molecule has 0 unspecified atom stereocenters. The highest BCUT2D eigenvalue weighted by Gasteiger charge is 2.08. The van der Waals surface area contributed by atoms with Crippen LogP contribution in [0, 0.1) is 5.82 Å². The summed E-state index contributed by atoms with van der Waals surface area (Å²) in [6.45, 7) is 0.492. The van der Waals surface area contributed by atoms with E-state index >= 15 is 0 Å². The molecule has 0 aliphatic carbocycles. The molecule has 0 N–H and O–H groups in total. The molecular formula is C13H12FNOS. The molecule has 4 heteroatoms. The van der Waals surface area contributed by atoms with Crippen LogP contribution >= 0.6 is 11.3 Å². The van der Waals surface area contributed by atoms with E-state index in [1.54, 1.807) is 18.2 Å². The zero-order valence-corrected chi connectivity index (χ0v) is 10.2. The molecular weight excluding hydrogens is 237 g/mol. The van der Waals surface area contributed by atoms with Crippen LogP contribution in [-0.2, 0) is 6.54 Å². The second-order valence-electron chi connectivity index (χ2n) is 3.74.